The summed E-state index contributed by atoms with van der Waals surface area (Å²) in [5, 5.41) is 4.39. The summed E-state index contributed by atoms with van der Waals surface area (Å²) in [6.45, 7) is 6.62. The molecule has 0 radical (unpaired) electrons. The first-order valence-electron chi connectivity index (χ1n) is 5.34. The molecular formula is C11H19N3. The fourth-order valence-corrected chi connectivity index (χ4v) is 1.88. The van der Waals surface area contributed by atoms with E-state index >= 15 is 0 Å². The van der Waals surface area contributed by atoms with Gasteiger partial charge in [-0.3, -0.25) is 4.68 Å². The summed E-state index contributed by atoms with van der Waals surface area (Å²) in [6.07, 6.45) is 3.84. The van der Waals surface area contributed by atoms with Crippen LogP contribution in [0.3, 0.4) is 0 Å². The van der Waals surface area contributed by atoms with Gasteiger partial charge in [0.05, 0.1) is 6.04 Å². The molecule has 1 aromatic heterocycles. The Bertz CT molecular complexity index is 329. The zero-order chi connectivity index (χ0) is 10.3. The lowest BCUT2D eigenvalue weighted by atomic mass is 9.88. The molecule has 0 atom stereocenters. The maximum absolute atomic E-state index is 5.76. The second-order valence-corrected chi connectivity index (χ2v) is 5.23. The summed E-state index contributed by atoms with van der Waals surface area (Å²) in [5.41, 5.74) is 7.16. The van der Waals surface area contributed by atoms with Crippen LogP contribution in [0, 0.1) is 0 Å². The van der Waals surface area contributed by atoms with E-state index in [4.69, 9.17) is 5.73 Å². The van der Waals surface area contributed by atoms with E-state index in [1.807, 2.05) is 6.07 Å². The molecule has 0 saturated heterocycles. The van der Waals surface area contributed by atoms with Crippen LogP contribution < -0.4 is 5.73 Å². The first kappa shape index (κ1) is 9.56. The van der Waals surface area contributed by atoms with Gasteiger partial charge < -0.3 is 5.73 Å². The van der Waals surface area contributed by atoms with Crippen LogP contribution in [-0.2, 0) is 5.41 Å². The molecule has 0 amide bonds. The van der Waals surface area contributed by atoms with Gasteiger partial charge in [-0.05, 0) is 19.3 Å². The van der Waals surface area contributed by atoms with Crippen LogP contribution in [0.15, 0.2) is 6.07 Å². The molecule has 2 rings (SSSR count). The monoisotopic (exact) mass is 193 g/mol. The maximum Gasteiger partial charge on any atom is 0.145 e. The summed E-state index contributed by atoms with van der Waals surface area (Å²) >= 11 is 0. The Morgan fingerprint density at radius 3 is 2.50 bits per heavy atom. The zero-order valence-corrected chi connectivity index (χ0v) is 9.25. The minimum absolute atomic E-state index is 0.139. The van der Waals surface area contributed by atoms with Crippen LogP contribution in [0.1, 0.15) is 51.8 Å². The minimum atomic E-state index is 0.139. The van der Waals surface area contributed by atoms with Crippen LogP contribution in [0.25, 0.3) is 0 Å². The molecule has 3 heteroatoms. The van der Waals surface area contributed by atoms with Gasteiger partial charge in [0.1, 0.15) is 5.82 Å². The zero-order valence-electron chi connectivity index (χ0n) is 9.25. The van der Waals surface area contributed by atoms with Gasteiger partial charge in [0, 0.05) is 17.2 Å². The van der Waals surface area contributed by atoms with E-state index in [2.05, 4.69) is 30.6 Å². The summed E-state index contributed by atoms with van der Waals surface area (Å²) in [5.74, 6) is 0.654. The molecule has 0 aliphatic heterocycles. The second kappa shape index (κ2) is 3.01. The number of nitrogens with zero attached hydrogens (tertiary/aromatic N) is 2. The lowest BCUT2D eigenvalue weighted by Gasteiger charge is -2.31. The van der Waals surface area contributed by atoms with E-state index in [0.717, 1.165) is 0 Å². The molecule has 1 fully saturated rings. The van der Waals surface area contributed by atoms with Crippen molar-refractivity contribution < 1.29 is 0 Å². The number of nitrogen functional groups attached to an aromatic ring is 1. The molecule has 0 bridgehead atoms. The Balaban J connectivity index is 2.37. The smallest absolute Gasteiger partial charge is 0.145 e. The molecule has 0 aromatic carbocycles. The molecule has 1 saturated carbocycles. The first-order chi connectivity index (χ1) is 6.48. The van der Waals surface area contributed by atoms with Crippen molar-refractivity contribution in [3.05, 3.63) is 11.8 Å². The Hall–Kier alpha value is -0.990. The molecule has 0 spiro atoms. The topological polar surface area (TPSA) is 43.8 Å². The van der Waals surface area contributed by atoms with Gasteiger partial charge in [-0.15, -0.1) is 0 Å². The Morgan fingerprint density at radius 1 is 1.43 bits per heavy atom. The Labute approximate surface area is 85.3 Å². The second-order valence-electron chi connectivity index (χ2n) is 5.23. The van der Waals surface area contributed by atoms with Crippen LogP contribution in [0.4, 0.5) is 5.82 Å². The van der Waals surface area contributed by atoms with Gasteiger partial charge in [0.2, 0.25) is 0 Å². The summed E-state index contributed by atoms with van der Waals surface area (Å²) in [7, 11) is 0. The highest BCUT2D eigenvalue weighted by molar-refractivity contribution is 5.33. The molecule has 14 heavy (non-hydrogen) atoms. The molecule has 2 N–H and O–H groups in total. The highest BCUT2D eigenvalue weighted by atomic mass is 15.3. The fourth-order valence-electron chi connectivity index (χ4n) is 1.88. The van der Waals surface area contributed by atoms with Gasteiger partial charge in [-0.2, -0.15) is 5.10 Å². The predicted molar refractivity (Wildman–Crippen MR) is 58.2 cm³/mol. The first-order valence-corrected chi connectivity index (χ1v) is 5.34. The average molecular weight is 193 g/mol. The molecule has 3 nitrogen and oxygen atoms in total. The van der Waals surface area contributed by atoms with Crippen molar-refractivity contribution in [2.45, 2.75) is 51.5 Å². The fraction of sp³-hybridized carbons (Fsp3) is 0.727. The third kappa shape index (κ3) is 1.51. The highest BCUT2D eigenvalue weighted by Crippen LogP contribution is 2.35. The summed E-state index contributed by atoms with van der Waals surface area (Å²) < 4.78 is 2.14. The highest BCUT2D eigenvalue weighted by Gasteiger charge is 2.27. The molecule has 1 aromatic rings. The van der Waals surface area contributed by atoms with Crippen LogP contribution in [0.2, 0.25) is 0 Å². The van der Waals surface area contributed by atoms with Crippen LogP contribution in [0.5, 0.6) is 0 Å². The summed E-state index contributed by atoms with van der Waals surface area (Å²) in [4.78, 5) is 0. The van der Waals surface area contributed by atoms with Gasteiger partial charge >= 0.3 is 0 Å². The van der Waals surface area contributed by atoms with Crippen molar-refractivity contribution in [3.63, 3.8) is 0 Å². The SMILES string of the molecule is CC(C)(C)c1cc(N)nn1C1CCC1. The molecule has 1 heterocycles. The number of hydrogen-bond acceptors (Lipinski definition) is 2. The number of hydrogen-bond donors (Lipinski definition) is 1. The largest absolute Gasteiger partial charge is 0.382 e. The molecule has 0 unspecified atom stereocenters. The molecular weight excluding hydrogens is 174 g/mol. The minimum Gasteiger partial charge on any atom is -0.382 e. The van der Waals surface area contributed by atoms with Crippen LogP contribution >= 0.6 is 0 Å². The predicted octanol–water partition coefficient (Wildman–Crippen LogP) is 2.49. The van der Waals surface area contributed by atoms with Crippen molar-refractivity contribution in [3.8, 4) is 0 Å². The Morgan fingerprint density at radius 2 is 2.07 bits per heavy atom. The number of rotatable bonds is 1. The van der Waals surface area contributed by atoms with Gasteiger partial charge in [0.15, 0.2) is 0 Å². The normalized spacial score (nSPS) is 18.2. The number of anilines is 1. The molecule has 1 aliphatic carbocycles. The molecule has 78 valence electrons. The third-order valence-corrected chi connectivity index (χ3v) is 2.94. The van der Waals surface area contributed by atoms with Crippen LogP contribution in [-0.4, -0.2) is 9.78 Å². The van der Waals surface area contributed by atoms with Crippen molar-refractivity contribution in [1.82, 2.24) is 9.78 Å². The van der Waals surface area contributed by atoms with Crippen molar-refractivity contribution in [2.75, 3.05) is 5.73 Å². The van der Waals surface area contributed by atoms with E-state index in [1.54, 1.807) is 0 Å². The van der Waals surface area contributed by atoms with E-state index in [9.17, 15) is 0 Å². The lowest BCUT2D eigenvalue weighted by Crippen LogP contribution is -2.25. The van der Waals surface area contributed by atoms with E-state index in [1.165, 1.54) is 25.0 Å². The number of aromatic nitrogens is 2. The van der Waals surface area contributed by atoms with Gasteiger partial charge in [0.25, 0.3) is 0 Å². The van der Waals surface area contributed by atoms with Crippen molar-refractivity contribution in [2.24, 2.45) is 0 Å². The quantitative estimate of drug-likeness (QED) is 0.744. The average Bonchev–Trinajstić information content (AvgIpc) is 2.26. The van der Waals surface area contributed by atoms with E-state index in [0.29, 0.717) is 11.9 Å². The lowest BCUT2D eigenvalue weighted by molar-refractivity contribution is 0.272. The summed E-state index contributed by atoms with van der Waals surface area (Å²) in [6, 6.07) is 2.61. The van der Waals surface area contributed by atoms with Gasteiger partial charge in [-0.25, -0.2) is 0 Å². The maximum atomic E-state index is 5.76. The van der Waals surface area contributed by atoms with Gasteiger partial charge in [-0.1, -0.05) is 20.8 Å². The molecule has 1 aliphatic rings. The van der Waals surface area contributed by atoms with Crippen molar-refractivity contribution >= 4 is 5.82 Å². The number of nitrogens with two attached hydrogens (primary N) is 1. The third-order valence-electron chi connectivity index (χ3n) is 2.94. The Kier molecular flexibility index (Phi) is 2.05. The van der Waals surface area contributed by atoms with E-state index in [-0.39, 0.29) is 5.41 Å². The van der Waals surface area contributed by atoms with Crippen molar-refractivity contribution in [1.29, 1.82) is 0 Å². The standard InChI is InChI=1S/C11H19N3/c1-11(2,3)9-7-10(12)13-14(9)8-5-4-6-8/h7-8H,4-6H2,1-3H3,(H2,12,13). The van der Waals surface area contributed by atoms with E-state index < -0.39 is 0 Å².